The fourth-order valence-corrected chi connectivity index (χ4v) is 3.23. The van der Waals surface area contributed by atoms with Crippen LogP contribution in [0.3, 0.4) is 0 Å². The van der Waals surface area contributed by atoms with Crippen molar-refractivity contribution in [2.45, 2.75) is 26.8 Å². The molecular weight excluding hydrogens is 272 g/mol. The molecule has 0 spiro atoms. The van der Waals surface area contributed by atoms with Crippen molar-refractivity contribution in [1.82, 2.24) is 4.90 Å². The number of carbonyl (C=O) groups is 1. The first kappa shape index (κ1) is 14.8. The van der Waals surface area contributed by atoms with E-state index in [0.717, 1.165) is 41.9 Å². The van der Waals surface area contributed by atoms with E-state index >= 15 is 0 Å². The van der Waals surface area contributed by atoms with E-state index in [0.29, 0.717) is 0 Å². The molecule has 3 rings (SSSR count). The minimum absolute atomic E-state index is 0.0112. The van der Waals surface area contributed by atoms with Crippen molar-refractivity contribution in [2.24, 2.45) is 0 Å². The molecule has 0 aromatic heterocycles. The highest BCUT2D eigenvalue weighted by Gasteiger charge is 2.18. The van der Waals surface area contributed by atoms with Crippen molar-refractivity contribution in [3.8, 4) is 0 Å². The summed E-state index contributed by atoms with van der Waals surface area (Å²) in [5, 5.41) is 3.13. The molecule has 1 heterocycles. The Morgan fingerprint density at radius 2 is 1.77 bits per heavy atom. The zero-order chi connectivity index (χ0) is 15.7. The van der Waals surface area contributed by atoms with Crippen LogP contribution in [0.5, 0.6) is 0 Å². The summed E-state index contributed by atoms with van der Waals surface area (Å²) in [6.45, 7) is 5.94. The first-order chi connectivity index (χ1) is 10.6. The Morgan fingerprint density at radius 3 is 2.50 bits per heavy atom. The van der Waals surface area contributed by atoms with E-state index in [-0.39, 0.29) is 5.91 Å². The summed E-state index contributed by atoms with van der Waals surface area (Å²) in [6, 6.07) is 12.1. The summed E-state index contributed by atoms with van der Waals surface area (Å²) < 4.78 is 0. The summed E-state index contributed by atoms with van der Waals surface area (Å²) in [5.41, 5.74) is 6.36. The SMILES string of the molecule is Cc1cccc(C)c1C(=O)Nc1cccc2c1CCN(C)C2. The lowest BCUT2D eigenvalue weighted by molar-refractivity contribution is 0.102. The summed E-state index contributed by atoms with van der Waals surface area (Å²) in [4.78, 5) is 15.0. The fourth-order valence-electron chi connectivity index (χ4n) is 3.23. The number of aryl methyl sites for hydroxylation is 2. The largest absolute Gasteiger partial charge is 0.322 e. The Bertz CT molecular complexity index is 701. The zero-order valence-corrected chi connectivity index (χ0v) is 13.4. The molecule has 3 heteroatoms. The van der Waals surface area contributed by atoms with Gasteiger partial charge in [-0.05, 0) is 55.6 Å². The van der Waals surface area contributed by atoms with Gasteiger partial charge in [-0.3, -0.25) is 4.79 Å². The Labute approximate surface area is 132 Å². The molecule has 2 aromatic rings. The summed E-state index contributed by atoms with van der Waals surface area (Å²) in [6.07, 6.45) is 0.981. The van der Waals surface area contributed by atoms with Crippen LogP contribution in [0, 0.1) is 13.8 Å². The van der Waals surface area contributed by atoms with E-state index in [1.54, 1.807) is 0 Å². The quantitative estimate of drug-likeness (QED) is 0.918. The van der Waals surface area contributed by atoms with Crippen LogP contribution in [0.25, 0.3) is 0 Å². The maximum Gasteiger partial charge on any atom is 0.256 e. The second-order valence-electron chi connectivity index (χ2n) is 6.15. The molecule has 0 radical (unpaired) electrons. The smallest absolute Gasteiger partial charge is 0.256 e. The number of rotatable bonds is 2. The number of carbonyl (C=O) groups excluding carboxylic acids is 1. The highest BCUT2D eigenvalue weighted by Crippen LogP contribution is 2.26. The van der Waals surface area contributed by atoms with Gasteiger partial charge >= 0.3 is 0 Å². The predicted molar refractivity (Wildman–Crippen MR) is 90.3 cm³/mol. The number of nitrogens with one attached hydrogen (secondary N) is 1. The van der Waals surface area contributed by atoms with Gasteiger partial charge in [0.2, 0.25) is 0 Å². The van der Waals surface area contributed by atoms with Crippen LogP contribution in [0.4, 0.5) is 5.69 Å². The average Bonchev–Trinajstić information content (AvgIpc) is 2.47. The lowest BCUT2D eigenvalue weighted by Gasteiger charge is -2.27. The standard InChI is InChI=1S/C19H22N2O/c1-13-6-4-7-14(2)18(13)19(22)20-17-9-5-8-15-12-21(3)11-10-16(15)17/h4-9H,10-12H2,1-3H3,(H,20,22). The molecule has 0 bridgehead atoms. The van der Waals surface area contributed by atoms with Gasteiger partial charge in [-0.15, -0.1) is 0 Å². The molecule has 1 N–H and O–H groups in total. The van der Waals surface area contributed by atoms with E-state index in [4.69, 9.17) is 0 Å². The lowest BCUT2D eigenvalue weighted by Crippen LogP contribution is -2.27. The number of hydrogen-bond acceptors (Lipinski definition) is 2. The maximum absolute atomic E-state index is 12.7. The molecular formula is C19H22N2O. The van der Waals surface area contributed by atoms with E-state index < -0.39 is 0 Å². The minimum Gasteiger partial charge on any atom is -0.322 e. The highest BCUT2D eigenvalue weighted by atomic mass is 16.1. The number of anilines is 1. The number of fused-ring (bicyclic) bond motifs is 1. The molecule has 0 saturated carbocycles. The van der Waals surface area contributed by atoms with E-state index in [1.165, 1.54) is 11.1 Å². The van der Waals surface area contributed by atoms with Crippen molar-refractivity contribution in [3.05, 3.63) is 64.2 Å². The molecule has 3 nitrogen and oxygen atoms in total. The van der Waals surface area contributed by atoms with Gasteiger partial charge in [-0.25, -0.2) is 0 Å². The van der Waals surface area contributed by atoms with E-state index in [9.17, 15) is 4.79 Å². The fraction of sp³-hybridized carbons (Fsp3) is 0.316. The van der Waals surface area contributed by atoms with Crippen molar-refractivity contribution in [3.63, 3.8) is 0 Å². The van der Waals surface area contributed by atoms with Gasteiger partial charge in [-0.1, -0.05) is 30.3 Å². The zero-order valence-electron chi connectivity index (χ0n) is 13.4. The van der Waals surface area contributed by atoms with Crippen LogP contribution >= 0.6 is 0 Å². The number of benzene rings is 2. The van der Waals surface area contributed by atoms with E-state index in [2.05, 4.69) is 23.3 Å². The Balaban J connectivity index is 1.91. The topological polar surface area (TPSA) is 32.3 Å². The summed E-state index contributed by atoms with van der Waals surface area (Å²) in [5.74, 6) is -0.0112. The first-order valence-electron chi connectivity index (χ1n) is 7.73. The van der Waals surface area contributed by atoms with Crippen LogP contribution in [-0.4, -0.2) is 24.4 Å². The molecule has 0 atom stereocenters. The van der Waals surface area contributed by atoms with Gasteiger partial charge in [0.15, 0.2) is 0 Å². The van der Waals surface area contributed by atoms with Crippen LogP contribution in [0.1, 0.15) is 32.6 Å². The summed E-state index contributed by atoms with van der Waals surface area (Å²) >= 11 is 0. The Hall–Kier alpha value is -2.13. The molecule has 1 aliphatic heterocycles. The van der Waals surface area contributed by atoms with Gasteiger partial charge < -0.3 is 10.2 Å². The van der Waals surface area contributed by atoms with Gasteiger partial charge in [0, 0.05) is 24.3 Å². The van der Waals surface area contributed by atoms with Crippen LogP contribution < -0.4 is 5.32 Å². The van der Waals surface area contributed by atoms with Gasteiger partial charge in [0.1, 0.15) is 0 Å². The molecule has 0 fully saturated rings. The van der Waals surface area contributed by atoms with Crippen LogP contribution in [0.2, 0.25) is 0 Å². The predicted octanol–water partition coefficient (Wildman–Crippen LogP) is 3.54. The Morgan fingerprint density at radius 1 is 1.09 bits per heavy atom. The first-order valence-corrected chi connectivity index (χ1v) is 7.73. The number of nitrogens with zero attached hydrogens (tertiary/aromatic N) is 1. The van der Waals surface area contributed by atoms with Gasteiger partial charge in [0.05, 0.1) is 0 Å². The van der Waals surface area contributed by atoms with Gasteiger partial charge in [-0.2, -0.15) is 0 Å². The van der Waals surface area contributed by atoms with Crippen molar-refractivity contribution < 1.29 is 4.79 Å². The Kier molecular flexibility index (Phi) is 3.99. The number of amides is 1. The minimum atomic E-state index is -0.0112. The molecule has 0 saturated heterocycles. The molecule has 0 unspecified atom stereocenters. The average molecular weight is 294 g/mol. The molecule has 114 valence electrons. The normalized spacial score (nSPS) is 14.5. The molecule has 2 aromatic carbocycles. The molecule has 1 aliphatic rings. The second kappa shape index (κ2) is 5.93. The third-order valence-corrected chi connectivity index (χ3v) is 4.41. The van der Waals surface area contributed by atoms with Crippen molar-refractivity contribution in [1.29, 1.82) is 0 Å². The number of likely N-dealkylation sites (N-methyl/N-ethyl adjacent to an activating group) is 1. The maximum atomic E-state index is 12.7. The van der Waals surface area contributed by atoms with Crippen molar-refractivity contribution >= 4 is 11.6 Å². The van der Waals surface area contributed by atoms with E-state index in [1.807, 2.05) is 44.2 Å². The van der Waals surface area contributed by atoms with Gasteiger partial charge in [0.25, 0.3) is 5.91 Å². The number of hydrogen-bond donors (Lipinski definition) is 1. The third kappa shape index (κ3) is 2.77. The summed E-state index contributed by atoms with van der Waals surface area (Å²) in [7, 11) is 2.13. The van der Waals surface area contributed by atoms with Crippen molar-refractivity contribution in [2.75, 3.05) is 18.9 Å². The molecule has 22 heavy (non-hydrogen) atoms. The third-order valence-electron chi connectivity index (χ3n) is 4.41. The van der Waals surface area contributed by atoms with Crippen LogP contribution in [-0.2, 0) is 13.0 Å². The van der Waals surface area contributed by atoms with Crippen LogP contribution in [0.15, 0.2) is 36.4 Å². The molecule has 1 amide bonds. The lowest BCUT2D eigenvalue weighted by atomic mass is 9.97. The monoisotopic (exact) mass is 294 g/mol. The second-order valence-corrected chi connectivity index (χ2v) is 6.15. The molecule has 0 aliphatic carbocycles. The highest BCUT2D eigenvalue weighted by molar-refractivity contribution is 6.06.